The Bertz CT molecular complexity index is 753. The van der Waals surface area contributed by atoms with E-state index in [2.05, 4.69) is 27.5 Å². The molecule has 0 amide bonds. The number of alkyl halides is 3. The van der Waals surface area contributed by atoms with E-state index in [0.29, 0.717) is 24.5 Å². The number of hydrogen-bond donors (Lipinski definition) is 2. The minimum Gasteiger partial charge on any atom is -0.494 e. The Morgan fingerprint density at radius 2 is 1.93 bits per heavy atom. The molecule has 1 unspecified atom stereocenters. The second-order valence-corrected chi connectivity index (χ2v) is 6.72. The number of hydrogen-bond acceptors (Lipinski definition) is 4. The standard InChI is InChI=1S/C21H25F3N2O2/c1-2-27-19-11-10-17(28-21(22,23)24)13-16(19)14-26-18-9-6-12-25-20(18)15-7-4-3-5-8-15/h3-5,7-8,10-11,13,18,20,25-26H,2,6,9,12,14H2,1H3/t18?,20-/m0/s1. The molecule has 0 bridgehead atoms. The first-order chi connectivity index (χ1) is 13.5. The topological polar surface area (TPSA) is 42.5 Å². The van der Waals surface area contributed by atoms with Gasteiger partial charge in [-0.1, -0.05) is 30.3 Å². The molecule has 1 aliphatic heterocycles. The molecule has 4 nitrogen and oxygen atoms in total. The first-order valence-electron chi connectivity index (χ1n) is 9.49. The van der Waals surface area contributed by atoms with Gasteiger partial charge in [-0.3, -0.25) is 0 Å². The first kappa shape index (κ1) is 20.5. The summed E-state index contributed by atoms with van der Waals surface area (Å²) in [5, 5.41) is 7.03. The van der Waals surface area contributed by atoms with Crippen molar-refractivity contribution in [2.45, 2.75) is 44.8 Å². The molecular formula is C21H25F3N2O2. The molecule has 2 aromatic carbocycles. The molecule has 1 aliphatic rings. The van der Waals surface area contributed by atoms with E-state index in [-0.39, 0.29) is 17.8 Å². The van der Waals surface area contributed by atoms with Crippen LogP contribution in [0.3, 0.4) is 0 Å². The van der Waals surface area contributed by atoms with E-state index < -0.39 is 6.36 Å². The summed E-state index contributed by atoms with van der Waals surface area (Å²) in [4.78, 5) is 0. The third kappa shape index (κ3) is 5.62. The van der Waals surface area contributed by atoms with Crippen molar-refractivity contribution in [1.29, 1.82) is 0 Å². The first-order valence-corrected chi connectivity index (χ1v) is 9.49. The molecule has 152 valence electrons. The van der Waals surface area contributed by atoms with Crippen molar-refractivity contribution in [3.05, 3.63) is 59.7 Å². The Balaban J connectivity index is 1.74. The maximum atomic E-state index is 12.6. The molecule has 2 aromatic rings. The zero-order valence-corrected chi connectivity index (χ0v) is 15.8. The summed E-state index contributed by atoms with van der Waals surface area (Å²) >= 11 is 0. The van der Waals surface area contributed by atoms with Gasteiger partial charge in [-0.25, -0.2) is 0 Å². The molecule has 0 aromatic heterocycles. The molecule has 1 fully saturated rings. The lowest BCUT2D eigenvalue weighted by atomic mass is 9.92. The second-order valence-electron chi connectivity index (χ2n) is 6.72. The molecule has 28 heavy (non-hydrogen) atoms. The van der Waals surface area contributed by atoms with Crippen LogP contribution in [-0.2, 0) is 6.54 Å². The number of rotatable bonds is 7. The molecule has 1 heterocycles. The van der Waals surface area contributed by atoms with Gasteiger partial charge in [0.25, 0.3) is 0 Å². The lowest BCUT2D eigenvalue weighted by Crippen LogP contribution is -2.45. The minimum atomic E-state index is -4.72. The Kier molecular flexibility index (Phi) is 6.80. The molecule has 0 aliphatic carbocycles. The highest BCUT2D eigenvalue weighted by atomic mass is 19.4. The fourth-order valence-corrected chi connectivity index (χ4v) is 3.55. The quantitative estimate of drug-likeness (QED) is 0.722. The van der Waals surface area contributed by atoms with Gasteiger partial charge in [0, 0.05) is 24.2 Å². The van der Waals surface area contributed by atoms with Gasteiger partial charge >= 0.3 is 6.36 Å². The molecule has 2 atom stereocenters. The van der Waals surface area contributed by atoms with Gasteiger partial charge < -0.3 is 20.1 Å². The van der Waals surface area contributed by atoms with E-state index in [0.717, 1.165) is 19.4 Å². The number of piperidine rings is 1. The van der Waals surface area contributed by atoms with Gasteiger partial charge in [-0.2, -0.15) is 0 Å². The van der Waals surface area contributed by atoms with Gasteiger partial charge in [0.1, 0.15) is 11.5 Å². The third-order valence-electron chi connectivity index (χ3n) is 4.74. The van der Waals surface area contributed by atoms with Gasteiger partial charge in [0.2, 0.25) is 0 Å². The number of nitrogens with one attached hydrogen (secondary N) is 2. The van der Waals surface area contributed by atoms with Crippen molar-refractivity contribution in [2.75, 3.05) is 13.2 Å². The van der Waals surface area contributed by atoms with Crippen LogP contribution in [-0.4, -0.2) is 25.6 Å². The monoisotopic (exact) mass is 394 g/mol. The lowest BCUT2D eigenvalue weighted by Gasteiger charge is -2.34. The van der Waals surface area contributed by atoms with E-state index in [1.807, 2.05) is 25.1 Å². The van der Waals surface area contributed by atoms with Crippen molar-refractivity contribution in [2.24, 2.45) is 0 Å². The van der Waals surface area contributed by atoms with Crippen LogP contribution in [0.1, 0.15) is 36.9 Å². The summed E-state index contributed by atoms with van der Waals surface area (Å²) < 4.78 is 47.3. The van der Waals surface area contributed by atoms with E-state index >= 15 is 0 Å². The van der Waals surface area contributed by atoms with Crippen LogP contribution in [0.15, 0.2) is 48.5 Å². The summed E-state index contributed by atoms with van der Waals surface area (Å²) in [6, 6.07) is 14.7. The van der Waals surface area contributed by atoms with Crippen LogP contribution in [0.5, 0.6) is 11.5 Å². The molecule has 3 rings (SSSR count). The van der Waals surface area contributed by atoms with Crippen LogP contribution in [0.2, 0.25) is 0 Å². The summed E-state index contributed by atoms with van der Waals surface area (Å²) in [5.74, 6) is 0.318. The molecule has 0 spiro atoms. The van der Waals surface area contributed by atoms with Crippen molar-refractivity contribution in [3.63, 3.8) is 0 Å². The van der Waals surface area contributed by atoms with E-state index in [1.54, 1.807) is 0 Å². The summed E-state index contributed by atoms with van der Waals surface area (Å²) in [7, 11) is 0. The number of ether oxygens (including phenoxy) is 2. The predicted octanol–water partition coefficient (Wildman–Crippen LogP) is 4.57. The molecule has 1 saturated heterocycles. The maximum Gasteiger partial charge on any atom is 0.573 e. The molecule has 2 N–H and O–H groups in total. The summed E-state index contributed by atoms with van der Waals surface area (Å²) in [6.45, 7) is 3.61. The Morgan fingerprint density at radius 1 is 1.14 bits per heavy atom. The van der Waals surface area contributed by atoms with Crippen molar-refractivity contribution in [3.8, 4) is 11.5 Å². The zero-order valence-electron chi connectivity index (χ0n) is 15.8. The minimum absolute atomic E-state index is 0.153. The number of halogens is 3. The molecular weight excluding hydrogens is 369 g/mol. The van der Waals surface area contributed by atoms with Crippen LogP contribution in [0.25, 0.3) is 0 Å². The van der Waals surface area contributed by atoms with E-state index in [9.17, 15) is 13.2 Å². The van der Waals surface area contributed by atoms with Gasteiger partial charge in [0.05, 0.1) is 6.61 Å². The highest BCUT2D eigenvalue weighted by Crippen LogP contribution is 2.30. The second kappa shape index (κ2) is 9.30. The summed E-state index contributed by atoms with van der Waals surface area (Å²) in [5.41, 5.74) is 1.83. The van der Waals surface area contributed by atoms with E-state index in [1.165, 1.54) is 23.8 Å². The van der Waals surface area contributed by atoms with Crippen molar-refractivity contribution >= 4 is 0 Å². The smallest absolute Gasteiger partial charge is 0.494 e. The van der Waals surface area contributed by atoms with Gasteiger partial charge in [-0.05, 0) is 50.1 Å². The van der Waals surface area contributed by atoms with Crippen LogP contribution in [0.4, 0.5) is 13.2 Å². The van der Waals surface area contributed by atoms with Crippen LogP contribution >= 0.6 is 0 Å². The van der Waals surface area contributed by atoms with Gasteiger partial charge in [0.15, 0.2) is 0 Å². The Hall–Kier alpha value is -2.25. The fourth-order valence-electron chi connectivity index (χ4n) is 3.55. The highest BCUT2D eigenvalue weighted by Gasteiger charge is 2.31. The predicted molar refractivity (Wildman–Crippen MR) is 101 cm³/mol. The normalized spacial score (nSPS) is 20.0. The fraction of sp³-hybridized carbons (Fsp3) is 0.429. The third-order valence-corrected chi connectivity index (χ3v) is 4.74. The number of benzene rings is 2. The van der Waals surface area contributed by atoms with Crippen molar-refractivity contribution < 1.29 is 22.6 Å². The van der Waals surface area contributed by atoms with E-state index in [4.69, 9.17) is 4.74 Å². The SMILES string of the molecule is CCOc1ccc(OC(F)(F)F)cc1CNC1CCCN[C@H]1c1ccccc1. The van der Waals surface area contributed by atoms with Crippen LogP contribution < -0.4 is 20.1 Å². The lowest BCUT2D eigenvalue weighted by molar-refractivity contribution is -0.274. The van der Waals surface area contributed by atoms with Crippen LogP contribution in [0, 0.1) is 0 Å². The molecule has 0 saturated carbocycles. The maximum absolute atomic E-state index is 12.6. The summed E-state index contributed by atoms with van der Waals surface area (Å²) in [6.07, 6.45) is -2.70. The Morgan fingerprint density at radius 3 is 2.64 bits per heavy atom. The largest absolute Gasteiger partial charge is 0.573 e. The molecule has 0 radical (unpaired) electrons. The van der Waals surface area contributed by atoms with Gasteiger partial charge in [-0.15, -0.1) is 13.2 Å². The highest BCUT2D eigenvalue weighted by molar-refractivity contribution is 5.40. The average Bonchev–Trinajstić information content (AvgIpc) is 2.68. The molecule has 7 heteroatoms. The zero-order chi connectivity index (χ0) is 20.0. The van der Waals surface area contributed by atoms with Crippen molar-refractivity contribution in [1.82, 2.24) is 10.6 Å². The Labute approximate surface area is 163 Å². The average molecular weight is 394 g/mol.